The summed E-state index contributed by atoms with van der Waals surface area (Å²) < 4.78 is 0. The smallest absolute Gasteiger partial charge is 0.171 e. The highest BCUT2D eigenvalue weighted by molar-refractivity contribution is 6.30. The Bertz CT molecular complexity index is 382. The van der Waals surface area contributed by atoms with Crippen molar-refractivity contribution in [2.45, 2.75) is 13.0 Å². The van der Waals surface area contributed by atoms with Gasteiger partial charge in [0.25, 0.3) is 0 Å². The summed E-state index contributed by atoms with van der Waals surface area (Å²) in [6.07, 6.45) is 0. The van der Waals surface area contributed by atoms with E-state index in [9.17, 15) is 4.79 Å². The van der Waals surface area contributed by atoms with Crippen LogP contribution in [-0.4, -0.2) is 11.8 Å². The zero-order chi connectivity index (χ0) is 10.6. The van der Waals surface area contributed by atoms with Crippen LogP contribution in [0.1, 0.15) is 17.3 Å². The Morgan fingerprint density at radius 2 is 2.07 bits per heavy atom. The van der Waals surface area contributed by atoms with Crippen molar-refractivity contribution in [2.75, 3.05) is 0 Å². The molecule has 4 nitrogen and oxygen atoms in total. The van der Waals surface area contributed by atoms with Crippen LogP contribution in [0, 0.1) is 0 Å². The summed E-state index contributed by atoms with van der Waals surface area (Å²) in [6, 6.07) is 5.78. The second-order valence-corrected chi connectivity index (χ2v) is 3.19. The molecule has 0 aliphatic heterocycles. The number of carbonyl (C=O) groups is 1. The Morgan fingerprint density at radius 3 is 2.57 bits per heavy atom. The predicted octanol–water partition coefficient (Wildman–Crippen LogP) is 3.22. The Hall–Kier alpha value is -1.51. The van der Waals surface area contributed by atoms with Crippen molar-refractivity contribution >= 4 is 17.4 Å². The second-order valence-electron chi connectivity index (χ2n) is 2.75. The maximum atomic E-state index is 11.5. The van der Waals surface area contributed by atoms with Gasteiger partial charge in [0.2, 0.25) is 0 Å². The summed E-state index contributed by atoms with van der Waals surface area (Å²) in [5.41, 5.74) is 8.66. The molecule has 0 aromatic heterocycles. The van der Waals surface area contributed by atoms with E-state index in [1.165, 1.54) is 0 Å². The molecule has 1 aromatic carbocycles. The average Bonchev–Trinajstić information content (AvgIpc) is 2.18. The van der Waals surface area contributed by atoms with E-state index in [4.69, 9.17) is 17.1 Å². The minimum atomic E-state index is -0.679. The van der Waals surface area contributed by atoms with Gasteiger partial charge in [0.15, 0.2) is 5.78 Å². The van der Waals surface area contributed by atoms with E-state index in [1.807, 2.05) is 0 Å². The van der Waals surface area contributed by atoms with Crippen LogP contribution in [0.5, 0.6) is 0 Å². The summed E-state index contributed by atoms with van der Waals surface area (Å²) in [6.45, 7) is 1.55. The van der Waals surface area contributed by atoms with Gasteiger partial charge in [-0.1, -0.05) is 16.7 Å². The third-order valence-electron chi connectivity index (χ3n) is 1.73. The number of ketones is 1. The van der Waals surface area contributed by atoms with Crippen LogP contribution in [0.2, 0.25) is 5.02 Å². The van der Waals surface area contributed by atoms with Crippen molar-refractivity contribution in [3.63, 3.8) is 0 Å². The van der Waals surface area contributed by atoms with Crippen molar-refractivity contribution in [2.24, 2.45) is 5.11 Å². The third kappa shape index (κ3) is 2.49. The van der Waals surface area contributed by atoms with E-state index in [0.717, 1.165) is 0 Å². The van der Waals surface area contributed by atoms with Gasteiger partial charge in [0.1, 0.15) is 0 Å². The molecular weight excluding hydrogens is 202 g/mol. The van der Waals surface area contributed by atoms with Crippen molar-refractivity contribution < 1.29 is 4.79 Å². The van der Waals surface area contributed by atoms with Crippen LogP contribution in [0.4, 0.5) is 0 Å². The van der Waals surface area contributed by atoms with Gasteiger partial charge in [0, 0.05) is 15.5 Å². The van der Waals surface area contributed by atoms with E-state index in [1.54, 1.807) is 31.2 Å². The first-order valence-corrected chi connectivity index (χ1v) is 4.37. The molecule has 72 valence electrons. The van der Waals surface area contributed by atoms with Crippen LogP contribution in [-0.2, 0) is 0 Å². The summed E-state index contributed by atoms with van der Waals surface area (Å²) in [7, 11) is 0. The number of hydrogen-bond acceptors (Lipinski definition) is 2. The Morgan fingerprint density at radius 1 is 1.50 bits per heavy atom. The van der Waals surface area contributed by atoms with Gasteiger partial charge in [0.05, 0.1) is 6.04 Å². The van der Waals surface area contributed by atoms with Crippen LogP contribution in [0.25, 0.3) is 10.4 Å². The lowest BCUT2D eigenvalue weighted by Crippen LogP contribution is -2.13. The fourth-order valence-electron chi connectivity index (χ4n) is 0.985. The molecule has 0 bridgehead atoms. The minimum Gasteiger partial charge on any atom is -0.294 e. The van der Waals surface area contributed by atoms with Crippen LogP contribution < -0.4 is 0 Å². The van der Waals surface area contributed by atoms with E-state index in [0.29, 0.717) is 10.6 Å². The molecule has 0 saturated heterocycles. The van der Waals surface area contributed by atoms with Gasteiger partial charge in [-0.15, -0.1) is 0 Å². The molecule has 1 unspecified atom stereocenters. The standard InChI is InChI=1S/C9H8ClN3O/c1-6(12-13-11)9(14)7-2-4-8(10)5-3-7/h2-6H,1H3. The van der Waals surface area contributed by atoms with Gasteiger partial charge in [-0.05, 0) is 36.7 Å². The molecule has 0 radical (unpaired) electrons. The highest BCUT2D eigenvalue weighted by Gasteiger charge is 2.12. The molecule has 0 amide bonds. The fraction of sp³-hybridized carbons (Fsp3) is 0.222. The summed E-state index contributed by atoms with van der Waals surface area (Å²) in [4.78, 5) is 14.1. The molecule has 5 heteroatoms. The molecule has 1 aromatic rings. The van der Waals surface area contributed by atoms with E-state index in [2.05, 4.69) is 10.0 Å². The van der Waals surface area contributed by atoms with Gasteiger partial charge < -0.3 is 0 Å². The van der Waals surface area contributed by atoms with Crippen LogP contribution in [0.15, 0.2) is 29.4 Å². The fourth-order valence-corrected chi connectivity index (χ4v) is 1.11. The van der Waals surface area contributed by atoms with Crippen molar-refractivity contribution in [3.05, 3.63) is 45.3 Å². The first-order chi connectivity index (χ1) is 6.65. The van der Waals surface area contributed by atoms with Crippen molar-refractivity contribution in [3.8, 4) is 0 Å². The minimum absolute atomic E-state index is 0.209. The first-order valence-electron chi connectivity index (χ1n) is 3.99. The van der Waals surface area contributed by atoms with Gasteiger partial charge >= 0.3 is 0 Å². The van der Waals surface area contributed by atoms with Gasteiger partial charge in [-0.3, -0.25) is 4.79 Å². The maximum Gasteiger partial charge on any atom is 0.171 e. The molecule has 14 heavy (non-hydrogen) atoms. The summed E-state index contributed by atoms with van der Waals surface area (Å²) in [5, 5.41) is 3.89. The van der Waals surface area contributed by atoms with E-state index in [-0.39, 0.29) is 5.78 Å². The highest BCUT2D eigenvalue weighted by Crippen LogP contribution is 2.12. The maximum absolute atomic E-state index is 11.5. The molecule has 0 aliphatic carbocycles. The van der Waals surface area contributed by atoms with E-state index < -0.39 is 6.04 Å². The lowest BCUT2D eigenvalue weighted by atomic mass is 10.1. The van der Waals surface area contributed by atoms with Crippen LogP contribution in [0.3, 0.4) is 0 Å². The van der Waals surface area contributed by atoms with Crippen LogP contribution >= 0.6 is 11.6 Å². The molecular formula is C9H8ClN3O. The Kier molecular flexibility index (Phi) is 3.51. The number of benzene rings is 1. The van der Waals surface area contributed by atoms with E-state index >= 15 is 0 Å². The largest absolute Gasteiger partial charge is 0.294 e. The predicted molar refractivity (Wildman–Crippen MR) is 54.4 cm³/mol. The number of rotatable bonds is 3. The number of halogens is 1. The quantitative estimate of drug-likeness (QED) is 0.326. The average molecular weight is 210 g/mol. The number of Topliss-reactive ketones (excluding diaryl/α,β-unsaturated/α-hetero) is 1. The molecule has 0 fully saturated rings. The lowest BCUT2D eigenvalue weighted by molar-refractivity contribution is 0.0968. The Labute approximate surface area is 86.1 Å². The molecule has 0 saturated carbocycles. The molecule has 0 N–H and O–H groups in total. The zero-order valence-electron chi connectivity index (χ0n) is 7.51. The molecule has 1 rings (SSSR count). The second kappa shape index (κ2) is 4.65. The topological polar surface area (TPSA) is 65.8 Å². The van der Waals surface area contributed by atoms with Crippen molar-refractivity contribution in [1.29, 1.82) is 0 Å². The Balaban J connectivity index is 2.89. The first kappa shape index (κ1) is 10.6. The number of azide groups is 1. The molecule has 0 heterocycles. The number of carbonyl (C=O) groups excluding carboxylic acids is 1. The lowest BCUT2D eigenvalue weighted by Gasteiger charge is -2.03. The number of hydrogen-bond donors (Lipinski definition) is 0. The molecule has 0 aliphatic rings. The summed E-state index contributed by atoms with van der Waals surface area (Å²) in [5.74, 6) is -0.209. The third-order valence-corrected chi connectivity index (χ3v) is 1.99. The van der Waals surface area contributed by atoms with Gasteiger partial charge in [-0.25, -0.2) is 0 Å². The van der Waals surface area contributed by atoms with Crippen molar-refractivity contribution in [1.82, 2.24) is 0 Å². The SMILES string of the molecule is CC(N=[N+]=[N-])C(=O)c1ccc(Cl)cc1. The molecule has 0 spiro atoms. The number of nitrogens with zero attached hydrogens (tertiary/aromatic N) is 3. The monoisotopic (exact) mass is 209 g/mol. The summed E-state index contributed by atoms with van der Waals surface area (Å²) >= 11 is 5.66. The molecule has 1 atom stereocenters. The zero-order valence-corrected chi connectivity index (χ0v) is 8.27. The normalized spacial score (nSPS) is 11.6. The highest BCUT2D eigenvalue weighted by atomic mass is 35.5. The van der Waals surface area contributed by atoms with Gasteiger partial charge in [-0.2, -0.15) is 0 Å².